The van der Waals surface area contributed by atoms with Gasteiger partial charge in [0.05, 0.1) is 18.4 Å². The van der Waals surface area contributed by atoms with E-state index in [1.165, 1.54) is 12.5 Å². The summed E-state index contributed by atoms with van der Waals surface area (Å²) in [6.45, 7) is 4.79. The number of ether oxygens (including phenoxy) is 1. The molecule has 2 aromatic rings. The van der Waals surface area contributed by atoms with E-state index >= 15 is 0 Å². The third kappa shape index (κ3) is 4.65. The number of carbonyl (C=O) groups is 2. The standard InChI is InChI=1S/C20H24N2O4/c1-16-4-2-5-18(14-16)26-12-3-6-19(23)21-8-10-22(11-9-21)20(24)17-7-13-25-15-17/h2,4-5,7,13-15H,3,6,8-12H2,1H3. The van der Waals surface area contributed by atoms with Crippen molar-refractivity contribution < 1.29 is 18.7 Å². The lowest BCUT2D eigenvalue weighted by molar-refractivity contribution is -0.132. The fourth-order valence-electron chi connectivity index (χ4n) is 3.00. The van der Waals surface area contributed by atoms with Crippen molar-refractivity contribution in [2.24, 2.45) is 0 Å². The van der Waals surface area contributed by atoms with Crippen LogP contribution in [-0.2, 0) is 4.79 Å². The molecule has 6 heteroatoms. The lowest BCUT2D eigenvalue weighted by Crippen LogP contribution is -2.50. The van der Waals surface area contributed by atoms with Gasteiger partial charge < -0.3 is 19.0 Å². The van der Waals surface area contributed by atoms with Crippen molar-refractivity contribution in [1.29, 1.82) is 0 Å². The van der Waals surface area contributed by atoms with E-state index in [4.69, 9.17) is 9.15 Å². The zero-order chi connectivity index (χ0) is 18.4. The minimum Gasteiger partial charge on any atom is -0.494 e. The van der Waals surface area contributed by atoms with Gasteiger partial charge in [-0.05, 0) is 37.1 Å². The first-order valence-corrected chi connectivity index (χ1v) is 8.92. The van der Waals surface area contributed by atoms with E-state index in [0.29, 0.717) is 51.2 Å². The van der Waals surface area contributed by atoms with Crippen LogP contribution in [0.2, 0.25) is 0 Å². The molecule has 0 saturated carbocycles. The van der Waals surface area contributed by atoms with Crippen molar-refractivity contribution in [3.8, 4) is 5.75 Å². The largest absolute Gasteiger partial charge is 0.494 e. The maximum Gasteiger partial charge on any atom is 0.257 e. The van der Waals surface area contributed by atoms with E-state index in [2.05, 4.69) is 0 Å². The Labute approximate surface area is 153 Å². The highest BCUT2D eigenvalue weighted by Crippen LogP contribution is 2.14. The van der Waals surface area contributed by atoms with Crippen LogP contribution in [0.1, 0.15) is 28.8 Å². The number of aryl methyl sites for hydroxylation is 1. The average Bonchev–Trinajstić information content (AvgIpc) is 3.19. The first-order chi connectivity index (χ1) is 12.6. The number of benzene rings is 1. The molecule has 26 heavy (non-hydrogen) atoms. The Kier molecular flexibility index (Phi) is 5.94. The minimum absolute atomic E-state index is 0.0441. The summed E-state index contributed by atoms with van der Waals surface area (Å²) in [5.74, 6) is 0.912. The minimum atomic E-state index is -0.0441. The number of furan rings is 1. The summed E-state index contributed by atoms with van der Waals surface area (Å²) in [4.78, 5) is 28.2. The predicted octanol–water partition coefficient (Wildman–Crippen LogP) is 2.73. The van der Waals surface area contributed by atoms with Crippen LogP contribution in [0.5, 0.6) is 5.75 Å². The summed E-state index contributed by atoms with van der Waals surface area (Å²) < 4.78 is 10.6. The molecule has 1 aliphatic heterocycles. The molecule has 0 unspecified atom stereocenters. The molecule has 0 radical (unpaired) electrons. The van der Waals surface area contributed by atoms with Crippen LogP contribution in [0.4, 0.5) is 0 Å². The van der Waals surface area contributed by atoms with Gasteiger partial charge in [-0.25, -0.2) is 0 Å². The summed E-state index contributed by atoms with van der Waals surface area (Å²) >= 11 is 0. The Morgan fingerprint density at radius 1 is 1.12 bits per heavy atom. The molecule has 2 heterocycles. The van der Waals surface area contributed by atoms with Crippen LogP contribution in [0.3, 0.4) is 0 Å². The monoisotopic (exact) mass is 356 g/mol. The van der Waals surface area contributed by atoms with E-state index in [9.17, 15) is 9.59 Å². The second kappa shape index (κ2) is 8.56. The normalized spacial score (nSPS) is 14.3. The number of hydrogen-bond acceptors (Lipinski definition) is 4. The molecule has 0 N–H and O–H groups in total. The van der Waals surface area contributed by atoms with Gasteiger partial charge in [-0.1, -0.05) is 12.1 Å². The molecule has 1 aliphatic rings. The Morgan fingerprint density at radius 2 is 1.88 bits per heavy atom. The van der Waals surface area contributed by atoms with Crippen LogP contribution < -0.4 is 4.74 Å². The predicted molar refractivity (Wildman–Crippen MR) is 97.1 cm³/mol. The van der Waals surface area contributed by atoms with E-state index in [1.54, 1.807) is 11.0 Å². The highest BCUT2D eigenvalue weighted by atomic mass is 16.5. The molecule has 3 rings (SSSR count). The van der Waals surface area contributed by atoms with Crippen LogP contribution >= 0.6 is 0 Å². The fourth-order valence-corrected chi connectivity index (χ4v) is 3.00. The van der Waals surface area contributed by atoms with Gasteiger partial charge in [0.25, 0.3) is 5.91 Å². The first-order valence-electron chi connectivity index (χ1n) is 8.92. The second-order valence-corrected chi connectivity index (χ2v) is 6.45. The molecule has 2 amide bonds. The Balaban J connectivity index is 1.36. The van der Waals surface area contributed by atoms with E-state index in [-0.39, 0.29) is 11.8 Å². The number of hydrogen-bond donors (Lipinski definition) is 0. The van der Waals surface area contributed by atoms with Crippen molar-refractivity contribution in [2.75, 3.05) is 32.8 Å². The Bertz CT molecular complexity index is 734. The molecule has 0 bridgehead atoms. The van der Waals surface area contributed by atoms with Crippen LogP contribution in [0.25, 0.3) is 0 Å². The number of carbonyl (C=O) groups excluding carboxylic acids is 2. The van der Waals surface area contributed by atoms with Crippen molar-refractivity contribution in [3.63, 3.8) is 0 Å². The maximum atomic E-state index is 12.3. The van der Waals surface area contributed by atoms with Gasteiger partial charge in [0, 0.05) is 32.6 Å². The average molecular weight is 356 g/mol. The third-order valence-corrected chi connectivity index (χ3v) is 4.48. The van der Waals surface area contributed by atoms with Crippen LogP contribution in [0.15, 0.2) is 47.3 Å². The molecule has 1 aromatic carbocycles. The molecule has 1 saturated heterocycles. The highest BCUT2D eigenvalue weighted by molar-refractivity contribution is 5.94. The molecular weight excluding hydrogens is 332 g/mol. The second-order valence-electron chi connectivity index (χ2n) is 6.45. The fraction of sp³-hybridized carbons (Fsp3) is 0.400. The van der Waals surface area contributed by atoms with E-state index < -0.39 is 0 Å². The van der Waals surface area contributed by atoms with E-state index in [1.807, 2.05) is 36.1 Å². The molecule has 6 nitrogen and oxygen atoms in total. The quantitative estimate of drug-likeness (QED) is 0.747. The van der Waals surface area contributed by atoms with Gasteiger partial charge >= 0.3 is 0 Å². The SMILES string of the molecule is Cc1cccc(OCCCC(=O)N2CCN(C(=O)c3ccoc3)CC2)c1. The Morgan fingerprint density at radius 3 is 2.58 bits per heavy atom. The summed E-state index contributed by atoms with van der Waals surface area (Å²) in [5.41, 5.74) is 1.71. The van der Waals surface area contributed by atoms with Crippen LogP contribution in [-0.4, -0.2) is 54.4 Å². The van der Waals surface area contributed by atoms with E-state index in [0.717, 1.165) is 11.3 Å². The number of amides is 2. The smallest absolute Gasteiger partial charge is 0.257 e. The molecular formula is C20H24N2O4. The number of piperazine rings is 1. The van der Waals surface area contributed by atoms with Crippen molar-refractivity contribution in [3.05, 3.63) is 54.0 Å². The zero-order valence-electron chi connectivity index (χ0n) is 15.0. The number of nitrogens with zero attached hydrogens (tertiary/aromatic N) is 2. The van der Waals surface area contributed by atoms with Gasteiger partial charge in [0.2, 0.25) is 5.91 Å². The lowest BCUT2D eigenvalue weighted by atomic mass is 10.2. The van der Waals surface area contributed by atoms with Gasteiger partial charge in [-0.2, -0.15) is 0 Å². The summed E-state index contributed by atoms with van der Waals surface area (Å²) in [7, 11) is 0. The first kappa shape index (κ1) is 18.0. The summed E-state index contributed by atoms with van der Waals surface area (Å²) in [5, 5.41) is 0. The summed E-state index contributed by atoms with van der Waals surface area (Å²) in [6.07, 6.45) is 4.09. The van der Waals surface area contributed by atoms with Gasteiger partial charge in [0.15, 0.2) is 0 Å². The van der Waals surface area contributed by atoms with Gasteiger partial charge in [-0.3, -0.25) is 9.59 Å². The lowest BCUT2D eigenvalue weighted by Gasteiger charge is -2.34. The third-order valence-electron chi connectivity index (χ3n) is 4.48. The molecule has 1 aromatic heterocycles. The highest BCUT2D eigenvalue weighted by Gasteiger charge is 2.24. The van der Waals surface area contributed by atoms with Crippen molar-refractivity contribution in [1.82, 2.24) is 9.80 Å². The Hall–Kier alpha value is -2.76. The van der Waals surface area contributed by atoms with Crippen molar-refractivity contribution >= 4 is 11.8 Å². The van der Waals surface area contributed by atoms with Crippen LogP contribution in [0, 0.1) is 6.92 Å². The van der Waals surface area contributed by atoms with Gasteiger partial charge in [-0.15, -0.1) is 0 Å². The molecule has 1 fully saturated rings. The zero-order valence-corrected chi connectivity index (χ0v) is 15.0. The molecule has 0 atom stereocenters. The maximum absolute atomic E-state index is 12.3. The van der Waals surface area contributed by atoms with Crippen molar-refractivity contribution in [2.45, 2.75) is 19.8 Å². The number of rotatable bonds is 6. The van der Waals surface area contributed by atoms with Gasteiger partial charge in [0.1, 0.15) is 12.0 Å². The summed E-state index contributed by atoms with van der Waals surface area (Å²) in [6, 6.07) is 9.55. The topological polar surface area (TPSA) is 63.0 Å². The molecule has 138 valence electrons. The molecule has 0 aliphatic carbocycles. The molecule has 0 spiro atoms.